The molecule has 0 atom stereocenters. The SMILES string of the molecule is CCn1nc(C(C)C)cc1C(=O)Nc1ccccc1CO. The molecule has 1 amide bonds. The van der Waals surface area contributed by atoms with E-state index in [4.69, 9.17) is 0 Å². The van der Waals surface area contributed by atoms with Crippen molar-refractivity contribution < 1.29 is 9.90 Å². The average Bonchev–Trinajstić information content (AvgIpc) is 2.92. The Hall–Kier alpha value is -2.14. The van der Waals surface area contributed by atoms with E-state index in [0.29, 0.717) is 23.5 Å². The Kier molecular flexibility index (Phi) is 4.75. The van der Waals surface area contributed by atoms with Gasteiger partial charge >= 0.3 is 0 Å². The second-order valence-electron chi connectivity index (χ2n) is 5.19. The lowest BCUT2D eigenvalue weighted by Gasteiger charge is -2.09. The molecule has 21 heavy (non-hydrogen) atoms. The van der Waals surface area contributed by atoms with Crippen molar-refractivity contribution in [2.45, 2.75) is 39.8 Å². The molecule has 0 spiro atoms. The number of anilines is 1. The van der Waals surface area contributed by atoms with Gasteiger partial charge in [-0.3, -0.25) is 9.48 Å². The monoisotopic (exact) mass is 287 g/mol. The van der Waals surface area contributed by atoms with Crippen LogP contribution in [0.3, 0.4) is 0 Å². The van der Waals surface area contributed by atoms with Crippen molar-refractivity contribution in [1.29, 1.82) is 0 Å². The number of nitrogens with one attached hydrogen (secondary N) is 1. The standard InChI is InChI=1S/C16H21N3O2/c1-4-19-15(9-14(18-19)11(2)3)16(21)17-13-8-6-5-7-12(13)10-20/h5-9,11,20H,4,10H2,1-3H3,(H,17,21). The molecule has 0 radical (unpaired) electrons. The molecule has 1 aromatic carbocycles. The molecule has 2 rings (SSSR count). The molecule has 0 bridgehead atoms. The molecule has 0 fully saturated rings. The zero-order valence-corrected chi connectivity index (χ0v) is 12.6. The quantitative estimate of drug-likeness (QED) is 0.888. The third kappa shape index (κ3) is 3.31. The van der Waals surface area contributed by atoms with Crippen LogP contribution < -0.4 is 5.32 Å². The summed E-state index contributed by atoms with van der Waals surface area (Å²) in [4.78, 5) is 12.4. The van der Waals surface area contributed by atoms with Gasteiger partial charge in [-0.25, -0.2) is 0 Å². The number of amides is 1. The Bertz CT molecular complexity index is 632. The average molecular weight is 287 g/mol. The van der Waals surface area contributed by atoms with Crippen molar-refractivity contribution in [2.24, 2.45) is 0 Å². The maximum Gasteiger partial charge on any atom is 0.273 e. The first kappa shape index (κ1) is 15.3. The molecule has 2 aromatic rings. The maximum absolute atomic E-state index is 12.4. The van der Waals surface area contributed by atoms with Gasteiger partial charge in [-0.2, -0.15) is 5.10 Å². The Morgan fingerprint density at radius 2 is 2.10 bits per heavy atom. The second kappa shape index (κ2) is 6.54. The minimum atomic E-state index is -0.211. The van der Waals surface area contributed by atoms with Crippen LogP contribution in [0, 0.1) is 0 Å². The van der Waals surface area contributed by atoms with Crippen molar-refractivity contribution in [2.75, 3.05) is 5.32 Å². The number of aromatic nitrogens is 2. The third-order valence-corrected chi connectivity index (χ3v) is 3.36. The molecule has 0 saturated heterocycles. The molecule has 0 saturated carbocycles. The van der Waals surface area contributed by atoms with Crippen LogP contribution in [0.25, 0.3) is 0 Å². The van der Waals surface area contributed by atoms with E-state index < -0.39 is 0 Å². The molecule has 1 aromatic heterocycles. The van der Waals surface area contributed by atoms with Crippen LogP contribution in [0.15, 0.2) is 30.3 Å². The third-order valence-electron chi connectivity index (χ3n) is 3.36. The van der Waals surface area contributed by atoms with Crippen molar-refractivity contribution in [3.8, 4) is 0 Å². The van der Waals surface area contributed by atoms with Crippen LogP contribution in [-0.4, -0.2) is 20.8 Å². The highest BCUT2D eigenvalue weighted by molar-refractivity contribution is 6.03. The van der Waals surface area contributed by atoms with Crippen LogP contribution in [0.4, 0.5) is 5.69 Å². The van der Waals surface area contributed by atoms with Gasteiger partial charge < -0.3 is 10.4 Å². The van der Waals surface area contributed by atoms with E-state index in [0.717, 1.165) is 5.69 Å². The predicted octanol–water partition coefficient (Wildman–Crippen LogP) is 2.77. The summed E-state index contributed by atoms with van der Waals surface area (Å²) in [5.74, 6) is 0.0613. The largest absolute Gasteiger partial charge is 0.392 e. The minimum Gasteiger partial charge on any atom is -0.392 e. The molecular weight excluding hydrogens is 266 g/mol. The Morgan fingerprint density at radius 3 is 2.71 bits per heavy atom. The fraction of sp³-hybridized carbons (Fsp3) is 0.375. The number of nitrogens with zero attached hydrogens (tertiary/aromatic N) is 2. The summed E-state index contributed by atoms with van der Waals surface area (Å²) < 4.78 is 1.70. The topological polar surface area (TPSA) is 67.2 Å². The van der Waals surface area contributed by atoms with Gasteiger partial charge in [0.05, 0.1) is 12.3 Å². The van der Waals surface area contributed by atoms with Gasteiger partial charge in [-0.15, -0.1) is 0 Å². The molecule has 0 unspecified atom stereocenters. The Balaban J connectivity index is 2.28. The summed E-state index contributed by atoms with van der Waals surface area (Å²) in [6, 6.07) is 9.04. The van der Waals surface area contributed by atoms with Crippen LogP contribution in [0.5, 0.6) is 0 Å². The Morgan fingerprint density at radius 1 is 1.38 bits per heavy atom. The number of hydrogen-bond donors (Lipinski definition) is 2. The lowest BCUT2D eigenvalue weighted by Crippen LogP contribution is -2.18. The number of hydrogen-bond acceptors (Lipinski definition) is 3. The molecule has 0 aliphatic heterocycles. The van der Waals surface area contributed by atoms with Gasteiger partial charge in [0.1, 0.15) is 5.69 Å². The van der Waals surface area contributed by atoms with Crippen molar-refractivity contribution in [3.63, 3.8) is 0 Å². The van der Waals surface area contributed by atoms with E-state index >= 15 is 0 Å². The molecular formula is C16H21N3O2. The van der Waals surface area contributed by atoms with Crippen molar-refractivity contribution >= 4 is 11.6 Å². The predicted molar refractivity (Wildman–Crippen MR) is 82.3 cm³/mol. The first-order valence-electron chi connectivity index (χ1n) is 7.14. The van der Waals surface area contributed by atoms with E-state index in [1.54, 1.807) is 16.8 Å². The molecule has 0 aliphatic rings. The van der Waals surface area contributed by atoms with E-state index in [1.807, 2.05) is 39.0 Å². The van der Waals surface area contributed by atoms with Gasteiger partial charge in [0.15, 0.2) is 0 Å². The minimum absolute atomic E-state index is 0.110. The molecule has 5 heteroatoms. The fourth-order valence-electron chi connectivity index (χ4n) is 2.11. The molecule has 5 nitrogen and oxygen atoms in total. The molecule has 1 heterocycles. The highest BCUT2D eigenvalue weighted by atomic mass is 16.3. The summed E-state index contributed by atoms with van der Waals surface area (Å²) in [5, 5.41) is 16.6. The molecule has 112 valence electrons. The number of carbonyl (C=O) groups is 1. The number of benzene rings is 1. The second-order valence-corrected chi connectivity index (χ2v) is 5.19. The highest BCUT2D eigenvalue weighted by Gasteiger charge is 2.17. The van der Waals surface area contributed by atoms with Gasteiger partial charge in [-0.05, 0) is 25.0 Å². The first-order valence-corrected chi connectivity index (χ1v) is 7.14. The first-order chi connectivity index (χ1) is 10.1. The lowest BCUT2D eigenvalue weighted by atomic mass is 10.1. The zero-order valence-electron chi connectivity index (χ0n) is 12.6. The lowest BCUT2D eigenvalue weighted by molar-refractivity contribution is 0.101. The highest BCUT2D eigenvalue weighted by Crippen LogP contribution is 2.18. The fourth-order valence-corrected chi connectivity index (χ4v) is 2.11. The smallest absolute Gasteiger partial charge is 0.273 e. The normalized spacial score (nSPS) is 10.9. The van der Waals surface area contributed by atoms with Crippen molar-refractivity contribution in [1.82, 2.24) is 9.78 Å². The van der Waals surface area contributed by atoms with Crippen molar-refractivity contribution in [3.05, 3.63) is 47.3 Å². The van der Waals surface area contributed by atoms with Crippen LogP contribution in [0.1, 0.15) is 48.4 Å². The maximum atomic E-state index is 12.4. The van der Waals surface area contributed by atoms with Gasteiger partial charge in [0.2, 0.25) is 0 Å². The zero-order chi connectivity index (χ0) is 15.4. The summed E-state index contributed by atoms with van der Waals surface area (Å²) in [5.41, 5.74) is 2.75. The van der Waals surface area contributed by atoms with Gasteiger partial charge in [0.25, 0.3) is 5.91 Å². The summed E-state index contributed by atoms with van der Waals surface area (Å²) in [7, 11) is 0. The summed E-state index contributed by atoms with van der Waals surface area (Å²) >= 11 is 0. The molecule has 2 N–H and O–H groups in total. The summed E-state index contributed by atoms with van der Waals surface area (Å²) in [6.07, 6.45) is 0. The number of aliphatic hydroxyl groups is 1. The van der Waals surface area contributed by atoms with Gasteiger partial charge in [0, 0.05) is 17.8 Å². The number of aliphatic hydroxyl groups excluding tert-OH is 1. The van der Waals surface area contributed by atoms with Crippen LogP contribution in [-0.2, 0) is 13.2 Å². The van der Waals surface area contributed by atoms with E-state index in [1.165, 1.54) is 0 Å². The van der Waals surface area contributed by atoms with E-state index in [9.17, 15) is 9.90 Å². The van der Waals surface area contributed by atoms with Crippen LogP contribution in [0.2, 0.25) is 0 Å². The molecule has 0 aliphatic carbocycles. The number of carbonyl (C=O) groups excluding carboxylic acids is 1. The van der Waals surface area contributed by atoms with Crippen LogP contribution >= 0.6 is 0 Å². The van der Waals surface area contributed by atoms with Gasteiger partial charge in [-0.1, -0.05) is 32.0 Å². The summed E-state index contributed by atoms with van der Waals surface area (Å²) in [6.45, 7) is 6.57. The number of aryl methyl sites for hydroxylation is 1. The number of rotatable bonds is 5. The van der Waals surface area contributed by atoms with E-state index in [-0.39, 0.29) is 18.4 Å². The Labute approximate surface area is 124 Å². The number of para-hydroxylation sites is 1. The van der Waals surface area contributed by atoms with E-state index in [2.05, 4.69) is 10.4 Å².